The van der Waals surface area contributed by atoms with E-state index in [0.717, 1.165) is 31.2 Å². The quantitative estimate of drug-likeness (QED) is 0.238. The van der Waals surface area contributed by atoms with E-state index in [-0.39, 0.29) is 30.1 Å². The topological polar surface area (TPSA) is 77.3 Å². The van der Waals surface area contributed by atoms with Gasteiger partial charge < -0.3 is 9.64 Å². The molecule has 5 rings (SSSR count). The van der Waals surface area contributed by atoms with Gasteiger partial charge in [-0.05, 0) is 105 Å². The number of likely N-dealkylation sites (tertiary alicyclic amines) is 1. The van der Waals surface area contributed by atoms with E-state index >= 15 is 0 Å². The van der Waals surface area contributed by atoms with Crippen molar-refractivity contribution in [3.63, 3.8) is 0 Å². The number of aromatic nitrogens is 3. The summed E-state index contributed by atoms with van der Waals surface area (Å²) < 4.78 is 33.7. The normalized spacial score (nSPS) is 13.8. The minimum absolute atomic E-state index is 0.00772. The molecule has 1 aliphatic heterocycles. The molecule has 0 saturated carbocycles. The molecule has 0 aliphatic carbocycles. The molecule has 0 unspecified atom stereocenters. The molecule has 1 amide bonds. The SMILES string of the molecule is CCOC(=O)c1cccc(CCC2CCN(C(=O)Cn3nc(-c4ccc(F)cc4)nc3-c3ccc(F)cc3)CC2)c1. The van der Waals surface area contributed by atoms with E-state index in [4.69, 9.17) is 4.74 Å². The van der Waals surface area contributed by atoms with Crippen molar-refractivity contribution in [2.75, 3.05) is 19.7 Å². The van der Waals surface area contributed by atoms with Gasteiger partial charge in [-0.2, -0.15) is 0 Å². The molecule has 1 aliphatic rings. The number of nitrogens with zero attached hydrogens (tertiary/aromatic N) is 4. The van der Waals surface area contributed by atoms with Crippen LogP contribution in [0.25, 0.3) is 22.8 Å². The van der Waals surface area contributed by atoms with E-state index in [1.54, 1.807) is 37.3 Å². The Kier molecular flexibility index (Phi) is 8.82. The number of ether oxygens (including phenoxy) is 1. The Morgan fingerprint density at radius 1 is 0.927 bits per heavy atom. The Labute approximate surface area is 237 Å². The number of carbonyl (C=O) groups excluding carboxylic acids is 2. The molecular weight excluding hydrogens is 526 g/mol. The predicted molar refractivity (Wildman–Crippen MR) is 151 cm³/mol. The fourth-order valence-corrected chi connectivity index (χ4v) is 5.12. The van der Waals surface area contributed by atoms with Gasteiger partial charge in [-0.1, -0.05) is 12.1 Å². The second-order valence-electron chi connectivity index (χ2n) is 10.2. The molecule has 3 aromatic carbocycles. The number of carbonyl (C=O) groups is 2. The van der Waals surface area contributed by atoms with E-state index in [9.17, 15) is 18.4 Å². The zero-order valence-corrected chi connectivity index (χ0v) is 22.9. The van der Waals surface area contributed by atoms with Crippen molar-refractivity contribution in [1.82, 2.24) is 19.7 Å². The van der Waals surface area contributed by atoms with Gasteiger partial charge in [0, 0.05) is 24.2 Å². The average molecular weight is 559 g/mol. The lowest BCUT2D eigenvalue weighted by molar-refractivity contribution is -0.133. The van der Waals surface area contributed by atoms with Gasteiger partial charge in [-0.25, -0.2) is 23.2 Å². The van der Waals surface area contributed by atoms with Crippen molar-refractivity contribution in [1.29, 1.82) is 0 Å². The zero-order chi connectivity index (χ0) is 28.8. The summed E-state index contributed by atoms with van der Waals surface area (Å²) in [5.74, 6) is 0.183. The number of amides is 1. The van der Waals surface area contributed by atoms with Gasteiger partial charge in [0.25, 0.3) is 0 Å². The Morgan fingerprint density at radius 3 is 2.24 bits per heavy atom. The van der Waals surface area contributed by atoms with Crippen LogP contribution in [0.15, 0.2) is 72.8 Å². The van der Waals surface area contributed by atoms with E-state index in [1.165, 1.54) is 28.9 Å². The first-order valence-electron chi connectivity index (χ1n) is 13.9. The number of benzene rings is 3. The maximum absolute atomic E-state index is 13.6. The molecule has 4 aromatic rings. The summed E-state index contributed by atoms with van der Waals surface area (Å²) in [6.07, 6.45) is 3.63. The van der Waals surface area contributed by atoms with E-state index < -0.39 is 0 Å². The highest BCUT2D eigenvalue weighted by molar-refractivity contribution is 5.89. The number of hydrogen-bond donors (Lipinski definition) is 0. The standard InChI is InChI=1S/C32H32F2N4O3/c1-2-41-32(40)26-5-3-4-23(20-26)7-6-22-16-18-37(19-17-22)29(39)21-38-31(25-10-14-28(34)15-11-25)35-30(36-38)24-8-12-27(33)13-9-24/h3-5,8-15,20,22H,2,6-7,16-19,21H2,1H3. The monoisotopic (exact) mass is 558 g/mol. The third-order valence-electron chi connectivity index (χ3n) is 7.41. The number of esters is 1. The molecule has 0 bridgehead atoms. The summed E-state index contributed by atoms with van der Waals surface area (Å²) >= 11 is 0. The summed E-state index contributed by atoms with van der Waals surface area (Å²) in [6.45, 7) is 3.43. The number of aryl methyl sites for hydroxylation is 1. The molecule has 0 atom stereocenters. The van der Waals surface area contributed by atoms with Crippen molar-refractivity contribution in [3.8, 4) is 22.8 Å². The third kappa shape index (κ3) is 7.03. The molecule has 1 saturated heterocycles. The third-order valence-corrected chi connectivity index (χ3v) is 7.41. The molecule has 9 heteroatoms. The highest BCUT2D eigenvalue weighted by Gasteiger charge is 2.25. The van der Waals surface area contributed by atoms with Gasteiger partial charge in [0.2, 0.25) is 5.91 Å². The average Bonchev–Trinajstić information content (AvgIpc) is 3.41. The first-order chi connectivity index (χ1) is 19.9. The Balaban J connectivity index is 1.21. The van der Waals surface area contributed by atoms with Gasteiger partial charge in [0.1, 0.15) is 18.2 Å². The molecular formula is C32H32F2N4O3. The smallest absolute Gasteiger partial charge is 0.338 e. The van der Waals surface area contributed by atoms with Crippen molar-refractivity contribution in [2.24, 2.45) is 5.92 Å². The Morgan fingerprint density at radius 2 is 1.59 bits per heavy atom. The summed E-state index contributed by atoms with van der Waals surface area (Å²) in [4.78, 5) is 31.8. The molecule has 7 nitrogen and oxygen atoms in total. The largest absolute Gasteiger partial charge is 0.462 e. The van der Waals surface area contributed by atoms with Crippen molar-refractivity contribution >= 4 is 11.9 Å². The van der Waals surface area contributed by atoms with Crippen LogP contribution in [0.5, 0.6) is 0 Å². The second kappa shape index (κ2) is 12.8. The van der Waals surface area contributed by atoms with Crippen LogP contribution in [0, 0.1) is 17.6 Å². The van der Waals surface area contributed by atoms with Gasteiger partial charge in [-0.15, -0.1) is 5.10 Å². The molecule has 1 aromatic heterocycles. The molecule has 41 heavy (non-hydrogen) atoms. The summed E-state index contributed by atoms with van der Waals surface area (Å²) in [5, 5.41) is 4.56. The van der Waals surface area contributed by atoms with Crippen molar-refractivity contribution < 1.29 is 23.1 Å². The van der Waals surface area contributed by atoms with E-state index in [2.05, 4.69) is 10.1 Å². The minimum atomic E-state index is -0.371. The lowest BCUT2D eigenvalue weighted by Crippen LogP contribution is -2.40. The summed E-state index contributed by atoms with van der Waals surface area (Å²) in [5.41, 5.74) is 2.92. The number of halogens is 2. The lowest BCUT2D eigenvalue weighted by atomic mass is 9.90. The highest BCUT2D eigenvalue weighted by atomic mass is 19.1. The van der Waals surface area contributed by atoms with E-state index in [1.807, 2.05) is 23.1 Å². The lowest BCUT2D eigenvalue weighted by Gasteiger charge is -2.32. The molecule has 0 N–H and O–H groups in total. The molecule has 212 valence electrons. The van der Waals surface area contributed by atoms with Crippen molar-refractivity contribution in [3.05, 3.63) is 95.6 Å². The number of hydrogen-bond acceptors (Lipinski definition) is 5. The summed E-state index contributed by atoms with van der Waals surface area (Å²) in [6, 6.07) is 19.3. The van der Waals surface area contributed by atoms with Gasteiger partial charge in [0.05, 0.1) is 12.2 Å². The minimum Gasteiger partial charge on any atom is -0.462 e. The first-order valence-corrected chi connectivity index (χ1v) is 13.9. The van der Waals surface area contributed by atoms with Crippen LogP contribution in [0.2, 0.25) is 0 Å². The number of rotatable bonds is 9. The first kappa shape index (κ1) is 28.1. The Hall–Kier alpha value is -4.40. The molecule has 1 fully saturated rings. The van der Waals surface area contributed by atoms with Crippen LogP contribution < -0.4 is 0 Å². The van der Waals surface area contributed by atoms with Gasteiger partial charge in [0.15, 0.2) is 11.6 Å². The molecule has 0 radical (unpaired) electrons. The predicted octanol–water partition coefficient (Wildman–Crippen LogP) is 5.94. The molecule has 2 heterocycles. The zero-order valence-electron chi connectivity index (χ0n) is 22.9. The van der Waals surface area contributed by atoms with Gasteiger partial charge in [-0.3, -0.25) is 4.79 Å². The highest BCUT2D eigenvalue weighted by Crippen LogP contribution is 2.26. The fourth-order valence-electron chi connectivity index (χ4n) is 5.12. The second-order valence-corrected chi connectivity index (χ2v) is 10.2. The van der Waals surface area contributed by atoms with Gasteiger partial charge >= 0.3 is 5.97 Å². The van der Waals surface area contributed by atoms with E-state index in [0.29, 0.717) is 54.0 Å². The molecule has 0 spiro atoms. The van der Waals surface area contributed by atoms with Crippen LogP contribution in [-0.4, -0.2) is 51.2 Å². The maximum atomic E-state index is 13.6. The van der Waals surface area contributed by atoms with Crippen molar-refractivity contribution in [2.45, 2.75) is 39.2 Å². The Bertz CT molecular complexity index is 1490. The summed E-state index contributed by atoms with van der Waals surface area (Å²) in [7, 11) is 0. The van der Waals surface area contributed by atoms with Crippen LogP contribution in [0.3, 0.4) is 0 Å². The van der Waals surface area contributed by atoms with Crippen LogP contribution in [0.4, 0.5) is 8.78 Å². The van der Waals surface area contributed by atoms with Crippen LogP contribution in [0.1, 0.15) is 42.1 Å². The van der Waals surface area contributed by atoms with Crippen LogP contribution in [-0.2, 0) is 22.5 Å². The maximum Gasteiger partial charge on any atom is 0.338 e. The number of piperidine rings is 1. The fraction of sp³-hybridized carbons (Fsp3) is 0.312. The van der Waals surface area contributed by atoms with Crippen LogP contribution >= 0.6 is 0 Å².